The van der Waals surface area contributed by atoms with E-state index in [0.29, 0.717) is 0 Å². The minimum Gasteiger partial charge on any atom is -0.545 e. The number of rotatable bonds is 2. The summed E-state index contributed by atoms with van der Waals surface area (Å²) in [6.45, 7) is 0.140. The molecule has 0 aliphatic rings. The number of carboxylic acid groups (broad SMARTS) is 1. The van der Waals surface area contributed by atoms with Gasteiger partial charge in [0.2, 0.25) is 0 Å². The molecular weight excluding hydrogens is 211 g/mol. The van der Waals surface area contributed by atoms with Gasteiger partial charge in [-0.15, -0.1) is 0 Å². The molecule has 1 rings (SSSR count). The van der Waals surface area contributed by atoms with Crippen molar-refractivity contribution in [3.63, 3.8) is 0 Å². The van der Waals surface area contributed by atoms with E-state index in [4.69, 9.17) is 25.2 Å². The number of carbonyl (C=O) groups excluding carboxylic acids is 1. The van der Waals surface area contributed by atoms with Gasteiger partial charge in [0, 0.05) is 0 Å². The molecule has 0 aromatic heterocycles. The average Bonchev–Trinajstić information content (AvgIpc) is 2.20. The molecule has 0 radical (unpaired) electrons. The molecule has 6 heteroatoms. The minimum absolute atomic E-state index is 0. The Morgan fingerprint density at radius 1 is 1.27 bits per heavy atom. The van der Waals surface area contributed by atoms with Crippen LogP contribution in [-0.2, 0) is 11.4 Å². The van der Waals surface area contributed by atoms with Crippen molar-refractivity contribution in [1.29, 1.82) is 0 Å². The predicted molar refractivity (Wildman–Crippen MR) is 45.6 cm³/mol. The predicted octanol–water partition coefficient (Wildman–Crippen LogP) is -4.77. The Labute approximate surface area is 109 Å². The second-order valence-electron chi connectivity index (χ2n) is 2.34. The van der Waals surface area contributed by atoms with Crippen molar-refractivity contribution >= 4 is 5.97 Å². The molecule has 0 saturated carbocycles. The van der Waals surface area contributed by atoms with E-state index in [1.165, 1.54) is 0 Å². The van der Waals surface area contributed by atoms with Gasteiger partial charge in [-0.05, 0) is 5.56 Å². The van der Waals surface area contributed by atoms with Gasteiger partial charge in [0.05, 0.1) is 12.6 Å². The van der Waals surface area contributed by atoms with Crippen molar-refractivity contribution in [2.45, 2.75) is 12.9 Å². The van der Waals surface area contributed by atoms with Crippen LogP contribution in [0.2, 0.25) is 0 Å². The molecule has 0 amide bonds. The van der Waals surface area contributed by atoms with Crippen molar-refractivity contribution in [1.82, 2.24) is 0 Å². The molecule has 0 fully saturated rings. The van der Waals surface area contributed by atoms with E-state index in [1.807, 2.05) is 30.3 Å². The zero-order chi connectivity index (χ0) is 11.0. The van der Waals surface area contributed by atoms with Crippen LogP contribution in [0.15, 0.2) is 30.3 Å². The van der Waals surface area contributed by atoms with E-state index in [0.717, 1.165) is 5.56 Å². The Kier molecular flexibility index (Phi) is 11.4. The first-order valence-corrected chi connectivity index (χ1v) is 3.79. The third-order valence-corrected chi connectivity index (χ3v) is 1.24. The molecule has 0 atom stereocenters. The van der Waals surface area contributed by atoms with Crippen molar-refractivity contribution in [2.24, 2.45) is 0 Å². The maximum atomic E-state index is 9.09. The molecule has 3 N–H and O–H groups in total. The monoisotopic (exact) mass is 222 g/mol. The number of benzene rings is 1. The number of hydrogen-bond donors (Lipinski definition) is 3. The number of aliphatic hydroxyl groups is 3. The maximum absolute atomic E-state index is 9.09. The SMILES string of the molecule is O=C([O-])C(O)O.OCc1ccccc1.[Na+]. The van der Waals surface area contributed by atoms with Crippen LogP contribution in [0.25, 0.3) is 0 Å². The Morgan fingerprint density at radius 3 is 1.87 bits per heavy atom. The molecule has 0 aliphatic carbocycles. The van der Waals surface area contributed by atoms with Crippen LogP contribution in [0.1, 0.15) is 5.56 Å². The fourth-order valence-electron chi connectivity index (χ4n) is 0.583. The van der Waals surface area contributed by atoms with Gasteiger partial charge in [0.25, 0.3) is 0 Å². The van der Waals surface area contributed by atoms with Crippen LogP contribution in [-0.4, -0.2) is 27.6 Å². The average molecular weight is 222 g/mol. The Morgan fingerprint density at radius 2 is 1.67 bits per heavy atom. The molecule has 0 heterocycles. The van der Waals surface area contributed by atoms with Crippen LogP contribution < -0.4 is 34.7 Å². The second kappa shape index (κ2) is 10.1. The van der Waals surface area contributed by atoms with E-state index >= 15 is 0 Å². The zero-order valence-electron chi connectivity index (χ0n) is 8.33. The van der Waals surface area contributed by atoms with Gasteiger partial charge in [0.15, 0.2) is 6.29 Å². The largest absolute Gasteiger partial charge is 1.00 e. The summed E-state index contributed by atoms with van der Waals surface area (Å²) in [6.07, 6.45) is -2.34. The molecule has 15 heavy (non-hydrogen) atoms. The van der Waals surface area contributed by atoms with Gasteiger partial charge >= 0.3 is 29.6 Å². The first-order valence-electron chi connectivity index (χ1n) is 3.79. The fraction of sp³-hybridized carbons (Fsp3) is 0.222. The van der Waals surface area contributed by atoms with Gasteiger partial charge in [-0.3, -0.25) is 0 Å². The molecule has 0 bridgehead atoms. The molecule has 78 valence electrons. The quantitative estimate of drug-likeness (QED) is 0.344. The van der Waals surface area contributed by atoms with Gasteiger partial charge in [-0.2, -0.15) is 0 Å². The van der Waals surface area contributed by atoms with Crippen molar-refractivity contribution in [3.8, 4) is 0 Å². The van der Waals surface area contributed by atoms with E-state index in [1.54, 1.807) is 0 Å². The van der Waals surface area contributed by atoms with Crippen LogP contribution in [0, 0.1) is 0 Å². The summed E-state index contributed by atoms with van der Waals surface area (Å²) in [5.74, 6) is -1.88. The summed E-state index contributed by atoms with van der Waals surface area (Å²) in [6, 6.07) is 9.52. The molecule has 0 aliphatic heterocycles. The van der Waals surface area contributed by atoms with Crippen LogP contribution in [0.4, 0.5) is 0 Å². The van der Waals surface area contributed by atoms with Crippen LogP contribution >= 0.6 is 0 Å². The number of carbonyl (C=O) groups is 1. The van der Waals surface area contributed by atoms with Crippen molar-refractivity contribution in [3.05, 3.63) is 35.9 Å². The van der Waals surface area contributed by atoms with E-state index in [-0.39, 0.29) is 36.2 Å². The number of hydrogen-bond acceptors (Lipinski definition) is 5. The van der Waals surface area contributed by atoms with Crippen LogP contribution in [0.3, 0.4) is 0 Å². The normalized spacial score (nSPS) is 8.53. The summed E-state index contributed by atoms with van der Waals surface area (Å²) in [4.78, 5) is 9.09. The molecule has 5 nitrogen and oxygen atoms in total. The molecule has 0 spiro atoms. The molecule has 0 saturated heterocycles. The molecular formula is C9H11NaO5. The second-order valence-corrected chi connectivity index (χ2v) is 2.34. The van der Waals surface area contributed by atoms with Crippen molar-refractivity contribution in [2.75, 3.05) is 0 Å². The van der Waals surface area contributed by atoms with Crippen molar-refractivity contribution < 1.29 is 54.8 Å². The van der Waals surface area contributed by atoms with E-state index in [9.17, 15) is 0 Å². The Bertz CT molecular complexity index is 262. The van der Waals surface area contributed by atoms with E-state index < -0.39 is 12.3 Å². The molecule has 0 unspecified atom stereocenters. The molecule has 1 aromatic carbocycles. The Hall–Kier alpha value is -0.430. The number of aliphatic hydroxyl groups excluding tert-OH is 2. The summed E-state index contributed by atoms with van der Waals surface area (Å²) < 4.78 is 0. The van der Waals surface area contributed by atoms with Gasteiger partial charge in [-0.1, -0.05) is 30.3 Å². The third kappa shape index (κ3) is 9.86. The fourth-order valence-corrected chi connectivity index (χ4v) is 0.583. The Balaban J connectivity index is 0. The summed E-state index contributed by atoms with van der Waals surface area (Å²) in [5, 5.41) is 32.7. The van der Waals surface area contributed by atoms with Gasteiger partial charge < -0.3 is 25.2 Å². The van der Waals surface area contributed by atoms with Gasteiger partial charge in [-0.25, -0.2) is 0 Å². The number of aliphatic carboxylic acids is 1. The van der Waals surface area contributed by atoms with Crippen LogP contribution in [0.5, 0.6) is 0 Å². The third-order valence-electron chi connectivity index (χ3n) is 1.24. The summed E-state index contributed by atoms with van der Waals surface area (Å²) >= 11 is 0. The van der Waals surface area contributed by atoms with Gasteiger partial charge in [0.1, 0.15) is 0 Å². The standard InChI is InChI=1S/C7H8O.C2H4O4.Na/c8-6-7-4-2-1-3-5-7;3-1(4)2(5)6;/h1-5,8H,6H2;1,3-4H,(H,5,6);/q;;+1/p-1. The number of carboxylic acids is 1. The minimum atomic E-state index is -2.34. The smallest absolute Gasteiger partial charge is 0.545 e. The zero-order valence-corrected chi connectivity index (χ0v) is 10.3. The first kappa shape index (κ1) is 17.0. The maximum Gasteiger partial charge on any atom is 1.00 e. The first-order chi connectivity index (χ1) is 6.57. The molecule has 1 aromatic rings. The summed E-state index contributed by atoms with van der Waals surface area (Å²) in [7, 11) is 0. The topological polar surface area (TPSA) is 101 Å². The van der Waals surface area contributed by atoms with E-state index in [2.05, 4.69) is 0 Å². The summed E-state index contributed by atoms with van der Waals surface area (Å²) in [5.41, 5.74) is 0.965.